The minimum atomic E-state index is -0.332. The first kappa shape index (κ1) is 14.3. The first-order valence-electron chi connectivity index (χ1n) is 5.95. The van der Waals surface area contributed by atoms with Crippen molar-refractivity contribution >= 4 is 17.2 Å². The van der Waals surface area contributed by atoms with E-state index in [1.165, 1.54) is 12.1 Å². The smallest absolute Gasteiger partial charge is 0.129 e. The molecule has 0 spiro atoms. The molecule has 0 bridgehead atoms. The molecule has 0 heterocycles. The number of hydrogen-bond acceptors (Lipinski definition) is 3. The van der Waals surface area contributed by atoms with E-state index >= 15 is 0 Å². The monoisotopic (exact) mass is 291 g/mol. The molecule has 0 saturated heterocycles. The van der Waals surface area contributed by atoms with Crippen molar-refractivity contribution in [2.24, 2.45) is 5.73 Å². The van der Waals surface area contributed by atoms with Crippen LogP contribution in [0.2, 0.25) is 0 Å². The Morgan fingerprint density at radius 2 is 2.05 bits per heavy atom. The molecule has 0 radical (unpaired) electrons. The van der Waals surface area contributed by atoms with E-state index in [9.17, 15) is 4.39 Å². The Hall–Kier alpha value is -2.14. The second-order valence-corrected chi connectivity index (χ2v) is 4.58. The molecule has 2 aromatic carbocycles. The van der Waals surface area contributed by atoms with E-state index in [0.717, 1.165) is 5.56 Å². The average Bonchev–Trinajstić information content (AvgIpc) is 2.45. The van der Waals surface area contributed by atoms with Gasteiger partial charge in [-0.25, -0.2) is 4.39 Å². The Morgan fingerprint density at radius 1 is 1.25 bits per heavy atom. The Labute approximate surface area is 122 Å². The van der Waals surface area contributed by atoms with Crippen molar-refractivity contribution in [1.29, 1.82) is 0 Å². The van der Waals surface area contributed by atoms with Crippen LogP contribution in [0.5, 0.6) is 11.5 Å². The van der Waals surface area contributed by atoms with E-state index in [0.29, 0.717) is 23.7 Å². The minimum absolute atomic E-state index is 0.259. The zero-order chi connectivity index (χ0) is 14.5. The first-order chi connectivity index (χ1) is 9.60. The van der Waals surface area contributed by atoms with Crippen LogP contribution in [0.4, 0.5) is 4.39 Å². The average molecular weight is 291 g/mol. The van der Waals surface area contributed by atoms with Crippen LogP contribution < -0.4 is 15.2 Å². The van der Waals surface area contributed by atoms with Crippen LogP contribution in [0, 0.1) is 5.82 Å². The van der Waals surface area contributed by atoms with Gasteiger partial charge < -0.3 is 15.2 Å². The molecular formula is C15H14FNO2S. The van der Waals surface area contributed by atoms with E-state index in [1.807, 2.05) is 6.07 Å². The van der Waals surface area contributed by atoms with Crippen molar-refractivity contribution < 1.29 is 13.9 Å². The second-order valence-electron chi connectivity index (χ2n) is 4.14. The molecule has 0 amide bonds. The van der Waals surface area contributed by atoms with Crippen LogP contribution in [-0.4, -0.2) is 12.1 Å². The SMILES string of the molecule is COc1ccc(COc2cccc(F)c2)cc1C(N)=S. The van der Waals surface area contributed by atoms with Gasteiger partial charge in [0.25, 0.3) is 0 Å². The van der Waals surface area contributed by atoms with Gasteiger partial charge >= 0.3 is 0 Å². The van der Waals surface area contributed by atoms with Gasteiger partial charge in [-0.1, -0.05) is 24.4 Å². The maximum Gasteiger partial charge on any atom is 0.129 e. The van der Waals surface area contributed by atoms with E-state index < -0.39 is 0 Å². The number of halogens is 1. The molecule has 0 fully saturated rings. The van der Waals surface area contributed by atoms with Crippen LogP contribution in [-0.2, 0) is 6.61 Å². The number of hydrogen-bond donors (Lipinski definition) is 1. The van der Waals surface area contributed by atoms with E-state index in [2.05, 4.69) is 0 Å². The standard InChI is InChI=1S/C15H14FNO2S/c1-18-14-6-5-10(7-13(14)15(17)20)9-19-12-4-2-3-11(16)8-12/h2-8H,9H2,1H3,(H2,17,20). The molecular weight excluding hydrogens is 277 g/mol. The molecule has 0 aliphatic rings. The molecule has 0 aliphatic carbocycles. The molecule has 0 aromatic heterocycles. The molecule has 0 unspecified atom stereocenters. The van der Waals surface area contributed by atoms with Gasteiger partial charge in [-0.2, -0.15) is 0 Å². The third-order valence-electron chi connectivity index (χ3n) is 2.73. The first-order valence-corrected chi connectivity index (χ1v) is 6.36. The van der Waals surface area contributed by atoms with E-state index in [1.54, 1.807) is 31.4 Å². The highest BCUT2D eigenvalue weighted by atomic mass is 32.1. The van der Waals surface area contributed by atoms with Gasteiger partial charge in [-0.05, 0) is 29.8 Å². The third kappa shape index (κ3) is 3.45. The lowest BCUT2D eigenvalue weighted by atomic mass is 10.1. The quantitative estimate of drug-likeness (QED) is 0.860. The van der Waals surface area contributed by atoms with E-state index in [-0.39, 0.29) is 10.8 Å². The molecule has 0 saturated carbocycles. The molecule has 0 aliphatic heterocycles. The topological polar surface area (TPSA) is 44.5 Å². The number of rotatable bonds is 5. The molecule has 0 atom stereocenters. The summed E-state index contributed by atoms with van der Waals surface area (Å²) in [5, 5.41) is 0. The lowest BCUT2D eigenvalue weighted by Crippen LogP contribution is -2.12. The molecule has 2 rings (SSSR count). The van der Waals surface area contributed by atoms with Crippen LogP contribution in [0.1, 0.15) is 11.1 Å². The Morgan fingerprint density at radius 3 is 2.70 bits per heavy atom. The van der Waals surface area contributed by atoms with Crippen molar-refractivity contribution in [2.45, 2.75) is 6.61 Å². The summed E-state index contributed by atoms with van der Waals surface area (Å²) in [5.74, 6) is 0.755. The largest absolute Gasteiger partial charge is 0.496 e. The predicted molar refractivity (Wildman–Crippen MR) is 79.6 cm³/mol. The van der Waals surface area contributed by atoms with Crippen LogP contribution in [0.3, 0.4) is 0 Å². The molecule has 2 N–H and O–H groups in total. The normalized spacial score (nSPS) is 10.1. The van der Waals surface area contributed by atoms with Crippen molar-refractivity contribution in [3.05, 3.63) is 59.4 Å². The fourth-order valence-corrected chi connectivity index (χ4v) is 1.92. The maximum absolute atomic E-state index is 13.0. The fraction of sp³-hybridized carbons (Fsp3) is 0.133. The Bertz CT molecular complexity index is 631. The van der Waals surface area contributed by atoms with Crippen molar-refractivity contribution in [1.82, 2.24) is 0 Å². The van der Waals surface area contributed by atoms with Gasteiger partial charge in [0.05, 0.1) is 12.7 Å². The number of ether oxygens (including phenoxy) is 2. The summed E-state index contributed by atoms with van der Waals surface area (Å²) in [6.07, 6.45) is 0. The lowest BCUT2D eigenvalue weighted by Gasteiger charge is -2.11. The summed E-state index contributed by atoms with van der Waals surface area (Å²) in [5.41, 5.74) is 7.18. The predicted octanol–water partition coefficient (Wildman–Crippen LogP) is 3.05. The summed E-state index contributed by atoms with van der Waals surface area (Å²) in [4.78, 5) is 0.259. The maximum atomic E-state index is 13.0. The van der Waals surface area contributed by atoms with Gasteiger partial charge in [0.15, 0.2) is 0 Å². The molecule has 2 aromatic rings. The van der Waals surface area contributed by atoms with Gasteiger partial charge in [0.1, 0.15) is 28.9 Å². The number of methoxy groups -OCH3 is 1. The number of nitrogens with two attached hydrogens (primary N) is 1. The summed E-state index contributed by atoms with van der Waals surface area (Å²) in [6, 6.07) is 11.4. The Kier molecular flexibility index (Phi) is 4.53. The molecule has 20 heavy (non-hydrogen) atoms. The molecule has 5 heteroatoms. The van der Waals surface area contributed by atoms with Crippen molar-refractivity contribution in [3.63, 3.8) is 0 Å². The minimum Gasteiger partial charge on any atom is -0.496 e. The molecule has 3 nitrogen and oxygen atoms in total. The number of benzene rings is 2. The zero-order valence-corrected chi connectivity index (χ0v) is 11.7. The van der Waals surface area contributed by atoms with Crippen LogP contribution in [0.15, 0.2) is 42.5 Å². The highest BCUT2D eigenvalue weighted by molar-refractivity contribution is 7.80. The van der Waals surface area contributed by atoms with Crippen molar-refractivity contribution in [2.75, 3.05) is 7.11 Å². The number of thiocarbonyl (C=S) groups is 1. The lowest BCUT2D eigenvalue weighted by molar-refractivity contribution is 0.304. The summed E-state index contributed by atoms with van der Waals surface area (Å²) in [7, 11) is 1.56. The van der Waals surface area contributed by atoms with Gasteiger partial charge in [0.2, 0.25) is 0 Å². The fourth-order valence-electron chi connectivity index (χ4n) is 1.76. The Balaban J connectivity index is 2.14. The van der Waals surface area contributed by atoms with Crippen LogP contribution >= 0.6 is 12.2 Å². The zero-order valence-electron chi connectivity index (χ0n) is 10.9. The van der Waals surface area contributed by atoms with E-state index in [4.69, 9.17) is 27.4 Å². The van der Waals surface area contributed by atoms with Gasteiger partial charge in [-0.15, -0.1) is 0 Å². The second kappa shape index (κ2) is 6.34. The summed E-state index contributed by atoms with van der Waals surface area (Å²) >= 11 is 4.98. The third-order valence-corrected chi connectivity index (χ3v) is 2.95. The highest BCUT2D eigenvalue weighted by Gasteiger charge is 2.07. The van der Waals surface area contributed by atoms with Gasteiger partial charge in [-0.3, -0.25) is 0 Å². The van der Waals surface area contributed by atoms with Crippen LogP contribution in [0.25, 0.3) is 0 Å². The highest BCUT2D eigenvalue weighted by Crippen LogP contribution is 2.21. The van der Waals surface area contributed by atoms with Gasteiger partial charge in [0, 0.05) is 6.07 Å². The van der Waals surface area contributed by atoms with Crippen molar-refractivity contribution in [3.8, 4) is 11.5 Å². The summed E-state index contributed by atoms with van der Waals surface area (Å²) in [6.45, 7) is 0.295. The molecule has 104 valence electrons. The summed E-state index contributed by atoms with van der Waals surface area (Å²) < 4.78 is 23.7.